The predicted molar refractivity (Wildman–Crippen MR) is 64.5 cm³/mol. The maximum Gasteiger partial charge on any atom is 0.129 e. The zero-order valence-corrected chi connectivity index (χ0v) is 10.2. The Balaban J connectivity index is 2.24. The van der Waals surface area contributed by atoms with Gasteiger partial charge in [-0.15, -0.1) is 0 Å². The van der Waals surface area contributed by atoms with Crippen molar-refractivity contribution in [3.63, 3.8) is 0 Å². The van der Waals surface area contributed by atoms with Gasteiger partial charge < -0.3 is 4.98 Å². The average molecular weight is 222 g/mol. The minimum absolute atomic E-state index is 0.593. The van der Waals surface area contributed by atoms with Crippen LogP contribution in [0.2, 0.25) is 0 Å². The smallest absolute Gasteiger partial charge is 0.129 e. The molecule has 2 nitrogen and oxygen atoms in total. The number of nitrogens with zero attached hydrogens (tertiary/aromatic N) is 1. The molecule has 0 amide bonds. The van der Waals surface area contributed by atoms with Gasteiger partial charge in [-0.2, -0.15) is 0 Å². The predicted octanol–water partition coefficient (Wildman–Crippen LogP) is 3.74. The maximum absolute atomic E-state index is 5.15. The van der Waals surface area contributed by atoms with E-state index in [1.807, 2.05) is 13.0 Å². The molecule has 0 spiro atoms. The van der Waals surface area contributed by atoms with Gasteiger partial charge in [0.1, 0.15) is 10.5 Å². The second kappa shape index (κ2) is 4.44. The molecular weight excluding hydrogens is 204 g/mol. The van der Waals surface area contributed by atoms with Crippen LogP contribution in [0.1, 0.15) is 50.0 Å². The summed E-state index contributed by atoms with van der Waals surface area (Å²) in [5, 5.41) is 0. The van der Waals surface area contributed by atoms with Gasteiger partial charge in [-0.3, -0.25) is 0 Å². The molecule has 1 aromatic rings. The highest BCUT2D eigenvalue weighted by Gasteiger charge is 2.21. The molecule has 1 aromatic heterocycles. The summed E-state index contributed by atoms with van der Waals surface area (Å²) >= 11 is 5.15. The Labute approximate surface area is 96.1 Å². The molecule has 1 heterocycles. The molecular formula is C12H18N2S. The van der Waals surface area contributed by atoms with Crippen LogP contribution >= 0.6 is 12.2 Å². The van der Waals surface area contributed by atoms with Crippen LogP contribution < -0.4 is 0 Å². The first-order valence-corrected chi connectivity index (χ1v) is 6.14. The van der Waals surface area contributed by atoms with Crippen molar-refractivity contribution in [3.05, 3.63) is 22.2 Å². The van der Waals surface area contributed by atoms with E-state index in [9.17, 15) is 0 Å². The van der Waals surface area contributed by atoms with Crippen molar-refractivity contribution in [2.45, 2.75) is 45.4 Å². The summed E-state index contributed by atoms with van der Waals surface area (Å²) in [5.41, 5.74) is 1.13. The van der Waals surface area contributed by atoms with Crippen LogP contribution in [0.15, 0.2) is 6.07 Å². The van der Waals surface area contributed by atoms with E-state index in [0.29, 0.717) is 5.92 Å². The summed E-state index contributed by atoms with van der Waals surface area (Å²) in [6.45, 7) is 4.38. The fraction of sp³-hybridized carbons (Fsp3) is 0.667. The molecule has 2 atom stereocenters. The van der Waals surface area contributed by atoms with E-state index in [1.54, 1.807) is 0 Å². The van der Waals surface area contributed by atoms with Gasteiger partial charge in [0.2, 0.25) is 0 Å². The van der Waals surface area contributed by atoms with Gasteiger partial charge in [-0.25, -0.2) is 4.98 Å². The van der Waals surface area contributed by atoms with E-state index in [0.717, 1.165) is 22.1 Å². The van der Waals surface area contributed by atoms with Gasteiger partial charge in [0, 0.05) is 11.6 Å². The Kier molecular flexibility index (Phi) is 3.19. The number of rotatable bonds is 1. The topological polar surface area (TPSA) is 28.7 Å². The number of H-pyrrole nitrogens is 1. The van der Waals surface area contributed by atoms with E-state index in [-0.39, 0.29) is 0 Å². The SMILES string of the molecule is Cc1cc(=S)nc(C2CCCC(C)C2)[nH]1. The Morgan fingerprint density at radius 2 is 2.27 bits per heavy atom. The maximum atomic E-state index is 5.15. The molecule has 1 saturated carbocycles. The molecule has 1 aliphatic rings. The van der Waals surface area contributed by atoms with E-state index in [4.69, 9.17) is 12.2 Å². The molecule has 2 unspecified atom stereocenters. The molecule has 1 aliphatic carbocycles. The lowest BCUT2D eigenvalue weighted by Crippen LogP contribution is -2.14. The van der Waals surface area contributed by atoms with Crippen LogP contribution in [0.4, 0.5) is 0 Å². The Morgan fingerprint density at radius 1 is 1.47 bits per heavy atom. The second-order valence-electron chi connectivity index (χ2n) is 4.76. The van der Waals surface area contributed by atoms with E-state index >= 15 is 0 Å². The number of aryl methyl sites for hydroxylation is 1. The molecule has 82 valence electrons. The van der Waals surface area contributed by atoms with Crippen molar-refractivity contribution in [2.24, 2.45) is 5.92 Å². The van der Waals surface area contributed by atoms with Crippen LogP contribution in [-0.2, 0) is 0 Å². The van der Waals surface area contributed by atoms with Gasteiger partial charge >= 0.3 is 0 Å². The average Bonchev–Trinajstić information content (AvgIpc) is 2.16. The minimum Gasteiger partial charge on any atom is -0.347 e. The fourth-order valence-electron chi connectivity index (χ4n) is 2.48. The first kappa shape index (κ1) is 10.8. The highest BCUT2D eigenvalue weighted by atomic mass is 32.1. The lowest BCUT2D eigenvalue weighted by atomic mass is 9.82. The third-order valence-electron chi connectivity index (χ3n) is 3.22. The van der Waals surface area contributed by atoms with Crippen molar-refractivity contribution < 1.29 is 0 Å². The lowest BCUT2D eigenvalue weighted by Gasteiger charge is -2.26. The van der Waals surface area contributed by atoms with Crippen LogP contribution in [0.3, 0.4) is 0 Å². The standard InChI is InChI=1S/C12H18N2S/c1-8-4-3-5-10(6-8)12-13-9(2)7-11(15)14-12/h7-8,10H,3-6H2,1-2H3,(H,13,14,15). The molecule has 0 saturated heterocycles. The number of aromatic amines is 1. The third kappa shape index (κ3) is 2.65. The molecule has 0 bridgehead atoms. The van der Waals surface area contributed by atoms with E-state index < -0.39 is 0 Å². The monoisotopic (exact) mass is 222 g/mol. The van der Waals surface area contributed by atoms with Gasteiger partial charge in [-0.1, -0.05) is 32.0 Å². The zero-order chi connectivity index (χ0) is 10.8. The Hall–Kier alpha value is -0.700. The molecule has 3 heteroatoms. The lowest BCUT2D eigenvalue weighted by molar-refractivity contribution is 0.334. The second-order valence-corrected chi connectivity index (χ2v) is 5.17. The quantitative estimate of drug-likeness (QED) is 0.733. The van der Waals surface area contributed by atoms with Gasteiger partial charge in [0.15, 0.2) is 0 Å². The van der Waals surface area contributed by atoms with Crippen molar-refractivity contribution in [2.75, 3.05) is 0 Å². The summed E-state index contributed by atoms with van der Waals surface area (Å²) in [6.07, 6.45) is 5.19. The Bertz CT molecular complexity index is 397. The minimum atomic E-state index is 0.593. The zero-order valence-electron chi connectivity index (χ0n) is 9.42. The van der Waals surface area contributed by atoms with Gasteiger partial charge in [0.25, 0.3) is 0 Å². The molecule has 1 N–H and O–H groups in total. The van der Waals surface area contributed by atoms with E-state index in [2.05, 4.69) is 16.9 Å². The summed E-state index contributed by atoms with van der Waals surface area (Å²) in [5.74, 6) is 2.52. The third-order valence-corrected chi connectivity index (χ3v) is 3.43. The highest BCUT2D eigenvalue weighted by Crippen LogP contribution is 2.34. The fourth-order valence-corrected chi connectivity index (χ4v) is 2.75. The number of hydrogen-bond acceptors (Lipinski definition) is 2. The van der Waals surface area contributed by atoms with Crippen molar-refractivity contribution in [3.8, 4) is 0 Å². The van der Waals surface area contributed by atoms with Gasteiger partial charge in [0.05, 0.1) is 0 Å². The van der Waals surface area contributed by atoms with Crippen molar-refractivity contribution in [1.29, 1.82) is 0 Å². The normalized spacial score (nSPS) is 26.5. The van der Waals surface area contributed by atoms with Crippen molar-refractivity contribution in [1.82, 2.24) is 9.97 Å². The molecule has 0 radical (unpaired) electrons. The molecule has 0 aliphatic heterocycles. The van der Waals surface area contributed by atoms with Crippen molar-refractivity contribution >= 4 is 12.2 Å². The summed E-state index contributed by atoms with van der Waals surface area (Å²) in [4.78, 5) is 7.81. The Morgan fingerprint density at radius 3 is 2.93 bits per heavy atom. The molecule has 2 rings (SSSR count). The van der Waals surface area contributed by atoms with Crippen LogP contribution in [0.5, 0.6) is 0 Å². The number of hydrogen-bond donors (Lipinski definition) is 1. The number of nitrogens with one attached hydrogen (secondary N) is 1. The first-order chi connectivity index (χ1) is 7.15. The molecule has 15 heavy (non-hydrogen) atoms. The summed E-state index contributed by atoms with van der Waals surface area (Å²) < 4.78 is 0.722. The number of aromatic nitrogens is 2. The molecule has 0 aromatic carbocycles. The first-order valence-electron chi connectivity index (χ1n) is 5.73. The summed E-state index contributed by atoms with van der Waals surface area (Å²) in [7, 11) is 0. The van der Waals surface area contributed by atoms with Crippen LogP contribution in [0, 0.1) is 17.5 Å². The largest absolute Gasteiger partial charge is 0.347 e. The highest BCUT2D eigenvalue weighted by molar-refractivity contribution is 7.71. The van der Waals surface area contributed by atoms with Crippen LogP contribution in [-0.4, -0.2) is 9.97 Å². The van der Waals surface area contributed by atoms with Gasteiger partial charge in [-0.05, 0) is 31.7 Å². The molecule has 1 fully saturated rings. The van der Waals surface area contributed by atoms with E-state index in [1.165, 1.54) is 25.7 Å². The van der Waals surface area contributed by atoms with Crippen LogP contribution in [0.25, 0.3) is 0 Å². The summed E-state index contributed by atoms with van der Waals surface area (Å²) in [6, 6.07) is 1.92.